The van der Waals surface area contributed by atoms with Crippen LogP contribution in [-0.4, -0.2) is 125 Å². The fourth-order valence-corrected chi connectivity index (χ4v) is 1.32. The molecule has 0 heterocycles. The summed E-state index contributed by atoms with van der Waals surface area (Å²) in [6.45, 7) is -1.73. The average Bonchev–Trinajstić information content (AvgIpc) is 2.62. The average molecular weight is 482 g/mol. The molecule has 0 unspecified atom stereocenters. The van der Waals surface area contributed by atoms with E-state index in [0.29, 0.717) is 0 Å². The Morgan fingerprint density at radius 2 is 0.815 bits per heavy atom. The first-order valence-electron chi connectivity index (χ1n) is 6.91. The quantitative estimate of drug-likeness (QED) is 0.139. The minimum absolute atomic E-state index is 0. The number of carbonyl (C=O) groups excluding carboxylic acids is 2. The van der Waals surface area contributed by atoms with Crippen LogP contribution in [-0.2, 0) is 35.8 Å². The van der Waals surface area contributed by atoms with Crippen LogP contribution >= 0.6 is 0 Å². The Bertz CT molecular complexity index is 385. The van der Waals surface area contributed by atoms with Crippen LogP contribution in [0.2, 0.25) is 0 Å². The molecule has 0 radical (unpaired) electrons. The van der Waals surface area contributed by atoms with Gasteiger partial charge < -0.3 is 70.9 Å². The number of hydrogen-bond acceptors (Lipinski definition) is 14. The summed E-state index contributed by atoms with van der Waals surface area (Å²) in [5.41, 5.74) is 0. The molecular weight excluding hydrogens is 459 g/mol. The van der Waals surface area contributed by atoms with Gasteiger partial charge >= 0.3 is 26.2 Å². The first-order chi connectivity index (χ1) is 11.8. The molecule has 0 bridgehead atoms. The number of aliphatic hydroxyl groups is 10. The van der Waals surface area contributed by atoms with E-state index >= 15 is 0 Å². The van der Waals surface area contributed by atoms with Crippen molar-refractivity contribution in [3.63, 3.8) is 0 Å². The largest absolute Gasteiger partial charge is 2.00 e. The minimum atomic E-state index is -2.31. The number of hydrogen-bond donors (Lipinski definition) is 10. The molecule has 0 aliphatic heterocycles. The van der Waals surface area contributed by atoms with Gasteiger partial charge in [0.05, 0.1) is 25.2 Å². The van der Waals surface area contributed by atoms with Gasteiger partial charge in [0.15, 0.2) is 0 Å². The van der Waals surface area contributed by atoms with E-state index in [4.69, 9.17) is 51.1 Å². The Kier molecular flexibility index (Phi) is 17.7. The zero-order valence-corrected chi connectivity index (χ0v) is 16.1. The molecule has 0 aliphatic carbocycles. The third-order valence-corrected chi connectivity index (χ3v) is 2.99. The van der Waals surface area contributed by atoms with Crippen molar-refractivity contribution in [3.8, 4) is 0 Å². The second-order valence-electron chi connectivity index (χ2n) is 4.99. The molecule has 27 heavy (non-hydrogen) atoms. The number of carboxylic acid groups (broad SMARTS) is 2. The van der Waals surface area contributed by atoms with Gasteiger partial charge in [-0.3, -0.25) is 0 Å². The molecule has 0 aromatic carbocycles. The van der Waals surface area contributed by atoms with Crippen molar-refractivity contribution in [1.82, 2.24) is 0 Å². The van der Waals surface area contributed by atoms with Crippen LogP contribution in [0.3, 0.4) is 0 Å². The van der Waals surface area contributed by atoms with Gasteiger partial charge in [0, 0.05) is 0 Å². The predicted molar refractivity (Wildman–Crippen MR) is 72.2 cm³/mol. The van der Waals surface area contributed by atoms with Gasteiger partial charge in [-0.15, -0.1) is 0 Å². The van der Waals surface area contributed by atoms with Gasteiger partial charge in [-0.2, -0.15) is 0 Å². The molecule has 0 aromatic heterocycles. The fraction of sp³-hybridized carbons (Fsp3) is 0.833. The van der Waals surface area contributed by atoms with Crippen molar-refractivity contribution in [2.24, 2.45) is 0 Å². The Labute approximate surface area is 171 Å². The second-order valence-corrected chi connectivity index (χ2v) is 4.99. The molecule has 0 rings (SSSR count). The van der Waals surface area contributed by atoms with Crippen LogP contribution in [0.25, 0.3) is 0 Å². The number of aliphatic carboxylic acids is 2. The SMILES string of the molecule is O=C([O-])[C@H](O)[C@@H](O)[C@H](O)[C@H](O)CO.O=C([O-])[C@H](O)[C@@H](O)[C@H](O)[C@H](O)CO.[Zr+2]. The maximum atomic E-state index is 9.98. The Balaban J connectivity index is -0.000000411. The molecule has 0 aromatic rings. The van der Waals surface area contributed by atoms with Gasteiger partial charge in [-0.05, 0) is 0 Å². The molecule has 0 saturated heterocycles. The summed E-state index contributed by atoms with van der Waals surface area (Å²) in [5, 5.41) is 107. The van der Waals surface area contributed by atoms with E-state index in [9.17, 15) is 19.8 Å². The first-order valence-corrected chi connectivity index (χ1v) is 6.91. The summed E-state index contributed by atoms with van der Waals surface area (Å²) in [4.78, 5) is 20.0. The van der Waals surface area contributed by atoms with Gasteiger partial charge in [0.25, 0.3) is 0 Å². The molecule has 0 saturated carbocycles. The molecule has 0 spiro atoms. The number of aliphatic hydroxyl groups excluding tert-OH is 10. The van der Waals surface area contributed by atoms with Gasteiger partial charge in [0.1, 0.15) is 48.8 Å². The molecule has 0 aliphatic rings. The zero-order valence-electron chi connectivity index (χ0n) is 13.6. The van der Waals surface area contributed by atoms with Gasteiger partial charge in [0.2, 0.25) is 0 Å². The van der Waals surface area contributed by atoms with E-state index in [0.717, 1.165) is 0 Å². The third-order valence-electron chi connectivity index (χ3n) is 2.99. The molecule has 8 atom stereocenters. The molecule has 0 fully saturated rings. The predicted octanol–water partition coefficient (Wildman–Crippen LogP) is -9.66. The molecule has 15 heteroatoms. The molecular formula is C12H22O14Zr. The first kappa shape index (κ1) is 31.1. The topological polar surface area (TPSA) is 283 Å². The van der Waals surface area contributed by atoms with Gasteiger partial charge in [-0.1, -0.05) is 0 Å². The second kappa shape index (κ2) is 15.4. The van der Waals surface area contributed by atoms with Crippen LogP contribution in [0.4, 0.5) is 0 Å². The summed E-state index contributed by atoms with van der Waals surface area (Å²) in [6, 6.07) is 0. The summed E-state index contributed by atoms with van der Waals surface area (Å²) in [7, 11) is 0. The van der Waals surface area contributed by atoms with E-state index < -0.39 is 74.0 Å². The van der Waals surface area contributed by atoms with E-state index in [1.165, 1.54) is 0 Å². The van der Waals surface area contributed by atoms with E-state index in [2.05, 4.69) is 0 Å². The Morgan fingerprint density at radius 1 is 0.593 bits per heavy atom. The van der Waals surface area contributed by atoms with Crippen LogP contribution in [0, 0.1) is 0 Å². The van der Waals surface area contributed by atoms with Crippen molar-refractivity contribution in [2.45, 2.75) is 48.8 Å². The summed E-state index contributed by atoms with van der Waals surface area (Å²) in [6.07, 6.45) is -16.2. The fourth-order valence-electron chi connectivity index (χ4n) is 1.32. The Hall–Kier alpha value is -0.577. The molecule has 158 valence electrons. The molecule has 14 nitrogen and oxygen atoms in total. The van der Waals surface area contributed by atoms with Crippen molar-refractivity contribution >= 4 is 11.9 Å². The van der Waals surface area contributed by atoms with E-state index in [-0.39, 0.29) is 26.2 Å². The number of carbonyl (C=O) groups is 2. The normalized spacial score (nSPS) is 19.6. The van der Waals surface area contributed by atoms with E-state index in [1.807, 2.05) is 0 Å². The van der Waals surface area contributed by atoms with Crippen LogP contribution < -0.4 is 10.2 Å². The van der Waals surface area contributed by atoms with Crippen LogP contribution in [0.15, 0.2) is 0 Å². The maximum absolute atomic E-state index is 9.98. The van der Waals surface area contributed by atoms with Crippen molar-refractivity contribution in [1.29, 1.82) is 0 Å². The number of carboxylic acids is 2. The summed E-state index contributed by atoms with van der Waals surface area (Å²) < 4.78 is 0. The van der Waals surface area contributed by atoms with Crippen molar-refractivity contribution in [2.75, 3.05) is 13.2 Å². The van der Waals surface area contributed by atoms with Gasteiger partial charge in [-0.25, -0.2) is 0 Å². The smallest absolute Gasteiger partial charge is 0.547 e. The van der Waals surface area contributed by atoms with Crippen LogP contribution in [0.1, 0.15) is 0 Å². The zero-order chi connectivity index (χ0) is 21.2. The third kappa shape index (κ3) is 11.1. The number of rotatable bonds is 10. The Morgan fingerprint density at radius 3 is 0.963 bits per heavy atom. The summed E-state index contributed by atoms with van der Waals surface area (Å²) in [5.74, 6) is -3.95. The van der Waals surface area contributed by atoms with Crippen LogP contribution in [0.5, 0.6) is 0 Å². The van der Waals surface area contributed by atoms with Crippen molar-refractivity contribution < 1.29 is 97.1 Å². The molecule has 10 N–H and O–H groups in total. The standard InChI is InChI=1S/2C6H12O7.Zr/c2*7-1-2(8)3(9)4(10)5(11)6(12)13;/h2*2-5,7-11H,1H2,(H,12,13);/q;;+2/p-2/t2*2-,3-,4+,5-;/m11./s1. The van der Waals surface area contributed by atoms with Crippen molar-refractivity contribution in [3.05, 3.63) is 0 Å². The molecule has 0 amide bonds. The monoisotopic (exact) mass is 480 g/mol. The summed E-state index contributed by atoms with van der Waals surface area (Å²) >= 11 is 0. The maximum Gasteiger partial charge on any atom is 2.00 e. The minimum Gasteiger partial charge on any atom is -0.547 e. The van der Waals surface area contributed by atoms with E-state index in [1.54, 1.807) is 0 Å².